The van der Waals surface area contributed by atoms with Crippen molar-refractivity contribution in [2.75, 3.05) is 12.3 Å². The number of rotatable bonds is 5. The van der Waals surface area contributed by atoms with Crippen LogP contribution in [0.1, 0.15) is 17.7 Å². The molecule has 3 aromatic rings. The summed E-state index contributed by atoms with van der Waals surface area (Å²) >= 11 is 0. The van der Waals surface area contributed by atoms with E-state index in [0.29, 0.717) is 12.6 Å². The number of anilines is 1. The Morgan fingerprint density at radius 1 is 1.05 bits per heavy atom. The third-order valence-electron chi connectivity index (χ3n) is 3.52. The van der Waals surface area contributed by atoms with E-state index in [4.69, 9.17) is 10.5 Å². The highest BCUT2D eigenvalue weighted by Crippen LogP contribution is 2.20. The van der Waals surface area contributed by atoms with Gasteiger partial charge in [0.2, 0.25) is 5.95 Å². The fourth-order valence-electron chi connectivity index (χ4n) is 2.46. The lowest BCUT2D eigenvalue weighted by Crippen LogP contribution is -2.04. The second kappa shape index (κ2) is 6.43. The zero-order valence-corrected chi connectivity index (χ0v) is 12.6. The van der Waals surface area contributed by atoms with Crippen LogP contribution in [0.15, 0.2) is 48.5 Å². The molecular weight excluding hydrogens is 274 g/mol. The summed E-state index contributed by atoms with van der Waals surface area (Å²) in [6.07, 6.45) is 1.70. The van der Waals surface area contributed by atoms with Gasteiger partial charge in [0.05, 0.1) is 17.8 Å². The average molecular weight is 293 g/mol. The van der Waals surface area contributed by atoms with E-state index < -0.39 is 0 Å². The minimum atomic E-state index is 0.329. The Hall–Kier alpha value is -2.62. The Labute approximate surface area is 130 Å². The van der Waals surface area contributed by atoms with Gasteiger partial charge in [0, 0.05) is 5.39 Å². The number of hydrogen-bond donors (Lipinski definition) is 1. The van der Waals surface area contributed by atoms with Crippen LogP contribution < -0.4 is 10.5 Å². The van der Waals surface area contributed by atoms with Crippen LogP contribution in [-0.4, -0.2) is 16.6 Å². The SMILES string of the molecule is Cc1ccc2nc(N)nc(CCCOc3ccccc3)c2c1. The molecule has 1 heterocycles. The topological polar surface area (TPSA) is 61.0 Å². The van der Waals surface area contributed by atoms with Gasteiger partial charge in [0.1, 0.15) is 5.75 Å². The molecule has 0 amide bonds. The van der Waals surface area contributed by atoms with Gasteiger partial charge in [0.15, 0.2) is 0 Å². The number of nitrogens with two attached hydrogens (primary N) is 1. The van der Waals surface area contributed by atoms with Crippen LogP contribution in [0, 0.1) is 6.92 Å². The molecule has 0 spiro atoms. The van der Waals surface area contributed by atoms with E-state index >= 15 is 0 Å². The van der Waals surface area contributed by atoms with Gasteiger partial charge in [-0.1, -0.05) is 29.8 Å². The third-order valence-corrected chi connectivity index (χ3v) is 3.52. The second-order valence-electron chi connectivity index (χ2n) is 5.31. The highest BCUT2D eigenvalue weighted by atomic mass is 16.5. The Kier molecular flexibility index (Phi) is 4.19. The van der Waals surface area contributed by atoms with Crippen molar-refractivity contribution in [2.45, 2.75) is 19.8 Å². The van der Waals surface area contributed by atoms with Crippen molar-refractivity contribution >= 4 is 16.9 Å². The summed E-state index contributed by atoms with van der Waals surface area (Å²) in [5.41, 5.74) is 8.89. The maximum Gasteiger partial charge on any atom is 0.220 e. The summed E-state index contributed by atoms with van der Waals surface area (Å²) in [5, 5.41) is 1.08. The quantitative estimate of drug-likeness (QED) is 0.731. The molecule has 4 heteroatoms. The predicted octanol–water partition coefficient (Wildman–Crippen LogP) is 3.53. The van der Waals surface area contributed by atoms with Crippen molar-refractivity contribution in [1.29, 1.82) is 0 Å². The monoisotopic (exact) mass is 293 g/mol. The van der Waals surface area contributed by atoms with Crippen LogP contribution >= 0.6 is 0 Å². The number of para-hydroxylation sites is 1. The Balaban J connectivity index is 1.69. The normalized spacial score (nSPS) is 10.8. The number of benzene rings is 2. The average Bonchev–Trinajstić information content (AvgIpc) is 2.53. The maximum absolute atomic E-state index is 5.80. The molecule has 0 aliphatic heterocycles. The molecule has 0 unspecified atom stereocenters. The first kappa shape index (κ1) is 14.3. The van der Waals surface area contributed by atoms with Gasteiger partial charge < -0.3 is 10.5 Å². The summed E-state index contributed by atoms with van der Waals surface area (Å²) < 4.78 is 5.72. The van der Waals surface area contributed by atoms with Crippen LogP contribution in [-0.2, 0) is 6.42 Å². The van der Waals surface area contributed by atoms with Crippen LogP contribution in [0.5, 0.6) is 5.75 Å². The van der Waals surface area contributed by atoms with Crippen molar-refractivity contribution in [2.24, 2.45) is 0 Å². The Morgan fingerprint density at radius 2 is 1.86 bits per heavy atom. The first-order valence-corrected chi connectivity index (χ1v) is 7.43. The molecule has 3 rings (SSSR count). The zero-order chi connectivity index (χ0) is 15.4. The van der Waals surface area contributed by atoms with E-state index in [2.05, 4.69) is 23.0 Å². The number of nitrogen functional groups attached to an aromatic ring is 1. The molecule has 0 saturated heterocycles. The van der Waals surface area contributed by atoms with Gasteiger partial charge >= 0.3 is 0 Å². The van der Waals surface area contributed by atoms with Crippen LogP contribution in [0.3, 0.4) is 0 Å². The van der Waals surface area contributed by atoms with Gasteiger partial charge in [-0.15, -0.1) is 0 Å². The molecule has 1 aromatic heterocycles. The predicted molar refractivity (Wildman–Crippen MR) is 88.9 cm³/mol. The largest absolute Gasteiger partial charge is 0.494 e. The van der Waals surface area contributed by atoms with E-state index in [1.165, 1.54) is 5.56 Å². The van der Waals surface area contributed by atoms with E-state index in [9.17, 15) is 0 Å². The number of ether oxygens (including phenoxy) is 1. The lowest BCUT2D eigenvalue weighted by atomic mass is 10.1. The summed E-state index contributed by atoms with van der Waals surface area (Å²) in [6.45, 7) is 2.72. The lowest BCUT2D eigenvalue weighted by molar-refractivity contribution is 0.310. The molecule has 2 aromatic carbocycles. The number of aromatic nitrogens is 2. The Morgan fingerprint density at radius 3 is 2.68 bits per heavy atom. The molecule has 0 aliphatic rings. The first-order chi connectivity index (χ1) is 10.7. The second-order valence-corrected chi connectivity index (χ2v) is 5.31. The third kappa shape index (κ3) is 3.34. The van der Waals surface area contributed by atoms with Gasteiger partial charge in [-0.25, -0.2) is 9.97 Å². The molecule has 112 valence electrons. The summed E-state index contributed by atoms with van der Waals surface area (Å²) in [7, 11) is 0. The molecule has 2 N–H and O–H groups in total. The lowest BCUT2D eigenvalue weighted by Gasteiger charge is -2.09. The molecule has 0 fully saturated rings. The van der Waals surface area contributed by atoms with Crippen LogP contribution in [0.25, 0.3) is 10.9 Å². The fourth-order valence-corrected chi connectivity index (χ4v) is 2.46. The highest BCUT2D eigenvalue weighted by Gasteiger charge is 2.06. The molecular formula is C18H19N3O. The minimum absolute atomic E-state index is 0.329. The van der Waals surface area contributed by atoms with E-state index in [1.54, 1.807) is 0 Å². The first-order valence-electron chi connectivity index (χ1n) is 7.43. The van der Waals surface area contributed by atoms with Gasteiger partial charge in [-0.3, -0.25) is 0 Å². The maximum atomic E-state index is 5.80. The van der Waals surface area contributed by atoms with E-state index in [1.807, 2.05) is 42.5 Å². The standard InChI is InChI=1S/C18H19N3O/c1-13-9-10-17-15(12-13)16(20-18(19)21-17)8-5-11-22-14-6-3-2-4-7-14/h2-4,6-7,9-10,12H,5,8,11H2,1H3,(H2,19,20,21). The van der Waals surface area contributed by atoms with Gasteiger partial charge in [-0.2, -0.15) is 0 Å². The fraction of sp³-hybridized carbons (Fsp3) is 0.222. The number of aryl methyl sites for hydroxylation is 2. The van der Waals surface area contributed by atoms with Crippen molar-refractivity contribution in [3.8, 4) is 5.75 Å². The van der Waals surface area contributed by atoms with Crippen molar-refractivity contribution in [3.05, 3.63) is 59.8 Å². The molecule has 0 radical (unpaired) electrons. The molecule has 22 heavy (non-hydrogen) atoms. The Bertz CT molecular complexity index is 772. The van der Waals surface area contributed by atoms with E-state index in [0.717, 1.165) is 35.2 Å². The van der Waals surface area contributed by atoms with Gasteiger partial charge in [-0.05, 0) is 44.0 Å². The molecule has 0 saturated carbocycles. The van der Waals surface area contributed by atoms with Gasteiger partial charge in [0.25, 0.3) is 0 Å². The van der Waals surface area contributed by atoms with E-state index in [-0.39, 0.29) is 0 Å². The number of fused-ring (bicyclic) bond motifs is 1. The van der Waals surface area contributed by atoms with Crippen molar-refractivity contribution in [1.82, 2.24) is 9.97 Å². The van der Waals surface area contributed by atoms with Crippen molar-refractivity contribution in [3.63, 3.8) is 0 Å². The van der Waals surface area contributed by atoms with Crippen LogP contribution in [0.4, 0.5) is 5.95 Å². The van der Waals surface area contributed by atoms with Crippen LogP contribution in [0.2, 0.25) is 0 Å². The molecule has 4 nitrogen and oxygen atoms in total. The zero-order valence-electron chi connectivity index (χ0n) is 12.6. The number of hydrogen-bond acceptors (Lipinski definition) is 4. The molecule has 0 aliphatic carbocycles. The smallest absolute Gasteiger partial charge is 0.220 e. The molecule has 0 atom stereocenters. The summed E-state index contributed by atoms with van der Waals surface area (Å²) in [5.74, 6) is 1.22. The number of nitrogens with zero attached hydrogens (tertiary/aromatic N) is 2. The summed E-state index contributed by atoms with van der Waals surface area (Å²) in [4.78, 5) is 8.69. The molecule has 0 bridgehead atoms. The summed E-state index contributed by atoms with van der Waals surface area (Å²) in [6, 6.07) is 16.0. The highest BCUT2D eigenvalue weighted by molar-refractivity contribution is 5.82. The minimum Gasteiger partial charge on any atom is -0.494 e. The van der Waals surface area contributed by atoms with Crippen molar-refractivity contribution < 1.29 is 4.74 Å².